The molecule has 0 spiro atoms. The minimum absolute atomic E-state index is 0.453. The monoisotopic (exact) mass is 352 g/mol. The van der Waals surface area contributed by atoms with Crippen molar-refractivity contribution in [3.8, 4) is 17.0 Å². The number of nitrogens with one attached hydrogen (secondary N) is 1. The Morgan fingerprint density at radius 2 is 2.12 bits per heavy atom. The fourth-order valence-corrected chi connectivity index (χ4v) is 3.41. The van der Waals surface area contributed by atoms with Gasteiger partial charge in [0.05, 0.1) is 7.11 Å². The fourth-order valence-electron chi connectivity index (χ4n) is 2.70. The minimum atomic E-state index is 0.453. The molecular weight excluding hydrogens is 336 g/mol. The zero-order valence-corrected chi connectivity index (χ0v) is 14.4. The molecule has 0 unspecified atom stereocenters. The SMILES string of the molecule is COc1ccccc1-c1noc2ncnc(NCCc3ccsc3)c12. The molecule has 1 aromatic carbocycles. The van der Waals surface area contributed by atoms with E-state index in [9.17, 15) is 0 Å². The lowest BCUT2D eigenvalue weighted by molar-refractivity contribution is 0.414. The summed E-state index contributed by atoms with van der Waals surface area (Å²) in [6.45, 7) is 0.763. The van der Waals surface area contributed by atoms with Gasteiger partial charge < -0.3 is 14.6 Å². The molecule has 126 valence electrons. The molecule has 25 heavy (non-hydrogen) atoms. The summed E-state index contributed by atoms with van der Waals surface area (Å²) in [6.07, 6.45) is 2.40. The molecule has 0 aliphatic heterocycles. The molecule has 6 nitrogen and oxygen atoms in total. The summed E-state index contributed by atoms with van der Waals surface area (Å²) in [7, 11) is 1.64. The molecule has 0 saturated carbocycles. The van der Waals surface area contributed by atoms with Crippen LogP contribution in [0.1, 0.15) is 5.56 Å². The van der Waals surface area contributed by atoms with E-state index in [1.54, 1.807) is 18.4 Å². The Balaban J connectivity index is 1.69. The first-order chi connectivity index (χ1) is 12.4. The van der Waals surface area contributed by atoms with Crippen molar-refractivity contribution in [1.29, 1.82) is 0 Å². The molecule has 0 amide bonds. The molecule has 3 aromatic heterocycles. The topological polar surface area (TPSA) is 73.1 Å². The Bertz CT molecular complexity index is 982. The van der Waals surface area contributed by atoms with Crippen molar-refractivity contribution in [2.75, 3.05) is 19.0 Å². The van der Waals surface area contributed by atoms with E-state index in [1.807, 2.05) is 24.3 Å². The maximum absolute atomic E-state index is 5.45. The van der Waals surface area contributed by atoms with Crippen LogP contribution in [0.4, 0.5) is 5.82 Å². The number of hydrogen-bond acceptors (Lipinski definition) is 7. The third-order valence-electron chi connectivity index (χ3n) is 3.92. The summed E-state index contributed by atoms with van der Waals surface area (Å²) in [6, 6.07) is 9.82. The van der Waals surface area contributed by atoms with Gasteiger partial charge in [-0.15, -0.1) is 0 Å². The zero-order valence-electron chi connectivity index (χ0n) is 13.6. The average Bonchev–Trinajstić information content (AvgIpc) is 3.31. The summed E-state index contributed by atoms with van der Waals surface area (Å²) in [5.41, 5.74) is 3.28. The van der Waals surface area contributed by atoms with Gasteiger partial charge in [-0.1, -0.05) is 17.3 Å². The normalized spacial score (nSPS) is 10.9. The number of thiophene rings is 1. The summed E-state index contributed by atoms with van der Waals surface area (Å²) >= 11 is 1.70. The summed E-state index contributed by atoms with van der Waals surface area (Å²) in [5.74, 6) is 1.44. The molecule has 0 fully saturated rings. The molecule has 3 heterocycles. The number of nitrogens with zero attached hydrogens (tertiary/aromatic N) is 3. The van der Waals surface area contributed by atoms with E-state index in [0.29, 0.717) is 17.2 Å². The van der Waals surface area contributed by atoms with E-state index in [2.05, 4.69) is 37.3 Å². The van der Waals surface area contributed by atoms with Crippen molar-refractivity contribution in [2.45, 2.75) is 6.42 Å². The third kappa shape index (κ3) is 3.06. The maximum Gasteiger partial charge on any atom is 0.263 e. The summed E-state index contributed by atoms with van der Waals surface area (Å²) < 4.78 is 10.8. The highest BCUT2D eigenvalue weighted by molar-refractivity contribution is 7.07. The van der Waals surface area contributed by atoms with E-state index >= 15 is 0 Å². The molecule has 0 atom stereocenters. The lowest BCUT2D eigenvalue weighted by Crippen LogP contribution is -2.06. The Morgan fingerprint density at radius 3 is 2.96 bits per heavy atom. The lowest BCUT2D eigenvalue weighted by Gasteiger charge is -2.08. The second-order valence-corrected chi connectivity index (χ2v) is 6.22. The first kappa shape index (κ1) is 15.6. The van der Waals surface area contributed by atoms with Crippen LogP contribution in [0.5, 0.6) is 5.75 Å². The first-order valence-corrected chi connectivity index (χ1v) is 8.80. The molecule has 0 radical (unpaired) electrons. The zero-order chi connectivity index (χ0) is 17.1. The highest BCUT2D eigenvalue weighted by Gasteiger charge is 2.19. The predicted molar refractivity (Wildman–Crippen MR) is 98.1 cm³/mol. The van der Waals surface area contributed by atoms with Crippen LogP contribution in [0.25, 0.3) is 22.4 Å². The highest BCUT2D eigenvalue weighted by Crippen LogP contribution is 2.36. The van der Waals surface area contributed by atoms with Crippen molar-refractivity contribution >= 4 is 28.3 Å². The van der Waals surface area contributed by atoms with Gasteiger partial charge in [0.15, 0.2) is 0 Å². The van der Waals surface area contributed by atoms with Crippen molar-refractivity contribution in [2.24, 2.45) is 0 Å². The van der Waals surface area contributed by atoms with Crippen molar-refractivity contribution < 1.29 is 9.26 Å². The number of para-hydroxylation sites is 1. The summed E-state index contributed by atoms with van der Waals surface area (Å²) in [5, 5.41) is 12.6. The van der Waals surface area contributed by atoms with Gasteiger partial charge in [0, 0.05) is 12.1 Å². The van der Waals surface area contributed by atoms with Crippen LogP contribution in [-0.4, -0.2) is 28.8 Å². The van der Waals surface area contributed by atoms with Gasteiger partial charge in [-0.3, -0.25) is 0 Å². The van der Waals surface area contributed by atoms with E-state index in [0.717, 1.165) is 29.7 Å². The van der Waals surface area contributed by atoms with Crippen LogP contribution < -0.4 is 10.1 Å². The van der Waals surface area contributed by atoms with Gasteiger partial charge in [0.25, 0.3) is 5.71 Å². The van der Waals surface area contributed by atoms with Crippen LogP contribution in [0.15, 0.2) is 51.9 Å². The van der Waals surface area contributed by atoms with Crippen molar-refractivity contribution in [1.82, 2.24) is 15.1 Å². The number of anilines is 1. The average molecular weight is 352 g/mol. The van der Waals surface area contributed by atoms with E-state index < -0.39 is 0 Å². The Morgan fingerprint density at radius 1 is 1.20 bits per heavy atom. The van der Waals surface area contributed by atoms with Crippen LogP contribution in [0, 0.1) is 0 Å². The standard InChI is InChI=1S/C18H16N4O2S/c1-23-14-5-3-2-4-13(14)16-15-17(20-11-21-18(15)24-22-16)19-8-6-12-7-9-25-10-12/h2-5,7,9-11H,6,8H2,1H3,(H,19,20,21). The Hall–Kier alpha value is -2.93. The number of ether oxygens (including phenoxy) is 1. The molecule has 1 N–H and O–H groups in total. The van der Waals surface area contributed by atoms with E-state index in [4.69, 9.17) is 9.26 Å². The molecule has 0 aliphatic carbocycles. The minimum Gasteiger partial charge on any atom is -0.496 e. The number of benzene rings is 1. The first-order valence-electron chi connectivity index (χ1n) is 7.85. The second kappa shape index (κ2) is 6.90. The van der Waals surface area contributed by atoms with Crippen LogP contribution in [-0.2, 0) is 6.42 Å². The number of hydrogen-bond donors (Lipinski definition) is 1. The molecule has 4 rings (SSSR count). The maximum atomic E-state index is 5.45. The van der Waals surface area contributed by atoms with E-state index in [-0.39, 0.29) is 0 Å². The van der Waals surface area contributed by atoms with Gasteiger partial charge in [-0.25, -0.2) is 4.98 Å². The molecule has 4 aromatic rings. The lowest BCUT2D eigenvalue weighted by atomic mass is 10.1. The molecular formula is C18H16N4O2S. The number of aromatic nitrogens is 3. The number of fused-ring (bicyclic) bond motifs is 1. The van der Waals surface area contributed by atoms with Crippen LogP contribution in [0.2, 0.25) is 0 Å². The van der Waals surface area contributed by atoms with Gasteiger partial charge >= 0.3 is 0 Å². The highest BCUT2D eigenvalue weighted by atomic mass is 32.1. The van der Waals surface area contributed by atoms with Gasteiger partial charge in [-0.05, 0) is 40.9 Å². The molecule has 0 saturated heterocycles. The van der Waals surface area contributed by atoms with E-state index in [1.165, 1.54) is 11.9 Å². The molecule has 0 aliphatic rings. The summed E-state index contributed by atoms with van der Waals surface area (Å²) in [4.78, 5) is 8.56. The Labute approximate surface area is 148 Å². The van der Waals surface area contributed by atoms with Crippen molar-refractivity contribution in [3.63, 3.8) is 0 Å². The Kier molecular flexibility index (Phi) is 4.30. The second-order valence-electron chi connectivity index (χ2n) is 5.44. The van der Waals surface area contributed by atoms with Gasteiger partial charge in [-0.2, -0.15) is 16.3 Å². The quantitative estimate of drug-likeness (QED) is 0.565. The molecule has 7 heteroatoms. The smallest absolute Gasteiger partial charge is 0.263 e. The number of rotatable bonds is 6. The van der Waals surface area contributed by atoms with Gasteiger partial charge in [0.2, 0.25) is 0 Å². The van der Waals surface area contributed by atoms with Gasteiger partial charge in [0.1, 0.15) is 29.0 Å². The van der Waals surface area contributed by atoms with Crippen LogP contribution >= 0.6 is 11.3 Å². The van der Waals surface area contributed by atoms with Crippen LogP contribution in [0.3, 0.4) is 0 Å². The number of methoxy groups -OCH3 is 1. The largest absolute Gasteiger partial charge is 0.496 e. The molecule has 0 bridgehead atoms. The third-order valence-corrected chi connectivity index (χ3v) is 4.65. The predicted octanol–water partition coefficient (Wildman–Crippen LogP) is 4.01. The fraction of sp³-hybridized carbons (Fsp3) is 0.167. The van der Waals surface area contributed by atoms with Crippen molar-refractivity contribution in [3.05, 3.63) is 53.0 Å².